The van der Waals surface area contributed by atoms with E-state index in [9.17, 15) is 9.90 Å². The minimum Gasteiger partial charge on any atom is -0.386 e. The molecule has 1 heterocycles. The van der Waals surface area contributed by atoms with Crippen LogP contribution in [0.25, 0.3) is 0 Å². The molecule has 0 aromatic heterocycles. The van der Waals surface area contributed by atoms with Crippen LogP contribution < -0.4 is 0 Å². The van der Waals surface area contributed by atoms with Crippen molar-refractivity contribution in [2.75, 3.05) is 13.1 Å². The maximum atomic E-state index is 12.1. The number of fused-ring (bicyclic) bond motifs is 1. The second-order valence-electron chi connectivity index (χ2n) is 6.38. The van der Waals surface area contributed by atoms with Crippen LogP contribution in [0.15, 0.2) is 0 Å². The van der Waals surface area contributed by atoms with Crippen molar-refractivity contribution in [3.63, 3.8) is 0 Å². The van der Waals surface area contributed by atoms with Gasteiger partial charge in [-0.1, -0.05) is 13.8 Å². The van der Waals surface area contributed by atoms with Crippen molar-refractivity contribution >= 4 is 5.91 Å². The van der Waals surface area contributed by atoms with Gasteiger partial charge in [0.25, 0.3) is 0 Å². The first-order valence-electron chi connectivity index (χ1n) is 6.51. The van der Waals surface area contributed by atoms with Gasteiger partial charge >= 0.3 is 0 Å². The maximum absolute atomic E-state index is 12.1. The molecule has 1 saturated heterocycles. The van der Waals surface area contributed by atoms with Gasteiger partial charge in [0.2, 0.25) is 5.91 Å². The molecular weight excluding hydrogens is 202 g/mol. The summed E-state index contributed by atoms with van der Waals surface area (Å²) in [4.78, 5) is 14.0. The molecule has 3 fully saturated rings. The minimum atomic E-state index is -0.614. The fraction of sp³-hybridized carbons (Fsp3) is 0.923. The largest absolute Gasteiger partial charge is 0.386 e. The van der Waals surface area contributed by atoms with E-state index in [0.29, 0.717) is 19.0 Å². The van der Waals surface area contributed by atoms with E-state index in [-0.39, 0.29) is 11.8 Å². The summed E-state index contributed by atoms with van der Waals surface area (Å²) in [6, 6.07) is 0. The number of carbonyl (C=O) groups is 1. The van der Waals surface area contributed by atoms with Crippen molar-refractivity contribution in [2.45, 2.75) is 38.7 Å². The summed E-state index contributed by atoms with van der Waals surface area (Å²) < 4.78 is 0. The lowest BCUT2D eigenvalue weighted by atomic mass is 9.82. The van der Waals surface area contributed by atoms with Crippen molar-refractivity contribution in [3.05, 3.63) is 0 Å². The van der Waals surface area contributed by atoms with Gasteiger partial charge in [-0.15, -0.1) is 0 Å². The van der Waals surface area contributed by atoms with Gasteiger partial charge in [0.1, 0.15) is 5.60 Å². The van der Waals surface area contributed by atoms with Gasteiger partial charge in [-0.05, 0) is 37.0 Å². The molecule has 3 rings (SSSR count). The monoisotopic (exact) mass is 223 g/mol. The van der Waals surface area contributed by atoms with E-state index in [1.165, 1.54) is 6.42 Å². The second kappa shape index (κ2) is 3.22. The summed E-state index contributed by atoms with van der Waals surface area (Å²) in [6.45, 7) is 5.14. The zero-order valence-electron chi connectivity index (χ0n) is 10.1. The Morgan fingerprint density at radius 2 is 1.81 bits per heavy atom. The molecule has 1 N–H and O–H groups in total. The highest BCUT2D eigenvalue weighted by Crippen LogP contribution is 2.55. The van der Waals surface area contributed by atoms with Gasteiger partial charge in [0, 0.05) is 5.92 Å². The molecule has 90 valence electrons. The number of hydrogen-bond donors (Lipinski definition) is 1. The van der Waals surface area contributed by atoms with Gasteiger partial charge < -0.3 is 10.0 Å². The van der Waals surface area contributed by atoms with Crippen LogP contribution in [0.1, 0.15) is 33.1 Å². The van der Waals surface area contributed by atoms with Crippen LogP contribution in [0.5, 0.6) is 0 Å². The van der Waals surface area contributed by atoms with Crippen molar-refractivity contribution in [1.82, 2.24) is 4.90 Å². The molecular formula is C13H21NO2. The summed E-state index contributed by atoms with van der Waals surface area (Å²) in [6.07, 6.45) is 3.58. The Hall–Kier alpha value is -0.570. The molecule has 0 aromatic rings. The fourth-order valence-electron chi connectivity index (χ4n) is 3.31. The van der Waals surface area contributed by atoms with Gasteiger partial charge in [0.15, 0.2) is 0 Å². The molecule has 0 bridgehead atoms. The highest BCUT2D eigenvalue weighted by Gasteiger charge is 2.52. The van der Waals surface area contributed by atoms with E-state index >= 15 is 0 Å². The topological polar surface area (TPSA) is 40.5 Å². The number of aliphatic hydroxyl groups is 1. The number of amides is 1. The lowest BCUT2D eigenvalue weighted by Gasteiger charge is -2.49. The summed E-state index contributed by atoms with van der Waals surface area (Å²) >= 11 is 0. The quantitative estimate of drug-likeness (QED) is 0.765. The number of likely N-dealkylation sites (tertiary alicyclic amines) is 1. The number of carbonyl (C=O) groups excluding carboxylic acids is 1. The van der Waals surface area contributed by atoms with Crippen molar-refractivity contribution in [2.24, 2.45) is 23.7 Å². The highest BCUT2D eigenvalue weighted by molar-refractivity contribution is 5.80. The zero-order chi connectivity index (χ0) is 11.5. The standard InChI is InChI=1S/C13H21NO2/c1-8(2)13(16)6-14(7-13)12(15)11-4-9-3-10(9)5-11/h8-11,16H,3-7H2,1-2H3. The normalized spacial score (nSPS) is 39.5. The van der Waals surface area contributed by atoms with Crippen LogP contribution in [-0.2, 0) is 4.79 Å². The van der Waals surface area contributed by atoms with Gasteiger partial charge in [0.05, 0.1) is 13.1 Å². The molecule has 3 heteroatoms. The van der Waals surface area contributed by atoms with Crippen molar-refractivity contribution in [1.29, 1.82) is 0 Å². The number of hydrogen-bond acceptors (Lipinski definition) is 2. The van der Waals surface area contributed by atoms with Gasteiger partial charge in [-0.2, -0.15) is 0 Å². The molecule has 2 saturated carbocycles. The molecule has 3 aliphatic rings. The average Bonchev–Trinajstić information content (AvgIpc) is 2.80. The van der Waals surface area contributed by atoms with Crippen LogP contribution in [0, 0.1) is 23.7 Å². The third-order valence-corrected chi connectivity index (χ3v) is 4.91. The number of nitrogens with zero attached hydrogens (tertiary/aromatic N) is 1. The zero-order valence-corrected chi connectivity index (χ0v) is 10.1. The maximum Gasteiger partial charge on any atom is 0.225 e. The molecule has 1 amide bonds. The number of β-amino-alcohol motifs (C(OH)–C–C–N with tert-alkyl or cyclic N) is 1. The molecule has 0 aromatic carbocycles. The summed E-state index contributed by atoms with van der Waals surface area (Å²) in [5.74, 6) is 2.55. The summed E-state index contributed by atoms with van der Waals surface area (Å²) in [7, 11) is 0. The lowest BCUT2D eigenvalue weighted by molar-refractivity contribution is -0.167. The molecule has 3 nitrogen and oxygen atoms in total. The van der Waals surface area contributed by atoms with E-state index in [1.807, 2.05) is 18.7 Å². The van der Waals surface area contributed by atoms with Crippen LogP contribution >= 0.6 is 0 Å². The highest BCUT2D eigenvalue weighted by atomic mass is 16.3. The van der Waals surface area contributed by atoms with Crippen molar-refractivity contribution in [3.8, 4) is 0 Å². The summed E-state index contributed by atoms with van der Waals surface area (Å²) in [5, 5.41) is 10.1. The Kier molecular flexibility index (Phi) is 2.13. The average molecular weight is 223 g/mol. The molecule has 0 radical (unpaired) electrons. The first-order valence-corrected chi connectivity index (χ1v) is 6.51. The van der Waals surface area contributed by atoms with E-state index in [4.69, 9.17) is 0 Å². The molecule has 2 atom stereocenters. The van der Waals surface area contributed by atoms with Crippen LogP contribution in [-0.4, -0.2) is 34.6 Å². The van der Waals surface area contributed by atoms with E-state index in [1.54, 1.807) is 0 Å². The first kappa shape index (κ1) is 10.6. The first-order chi connectivity index (χ1) is 7.49. The van der Waals surface area contributed by atoms with E-state index in [2.05, 4.69) is 0 Å². The smallest absolute Gasteiger partial charge is 0.225 e. The van der Waals surface area contributed by atoms with Gasteiger partial charge in [-0.3, -0.25) is 4.79 Å². The predicted octanol–water partition coefficient (Wildman–Crippen LogP) is 1.26. The Morgan fingerprint density at radius 1 is 1.25 bits per heavy atom. The SMILES string of the molecule is CC(C)C1(O)CN(C(=O)C2CC3CC3C2)C1. The Labute approximate surface area is 96.8 Å². The molecule has 0 spiro atoms. The van der Waals surface area contributed by atoms with E-state index < -0.39 is 5.60 Å². The number of rotatable bonds is 2. The fourth-order valence-corrected chi connectivity index (χ4v) is 3.31. The Balaban J connectivity index is 1.54. The lowest BCUT2D eigenvalue weighted by Crippen LogP contribution is -2.66. The summed E-state index contributed by atoms with van der Waals surface area (Å²) in [5.41, 5.74) is -0.614. The molecule has 2 aliphatic carbocycles. The molecule has 2 unspecified atom stereocenters. The van der Waals surface area contributed by atoms with E-state index in [0.717, 1.165) is 24.7 Å². The Morgan fingerprint density at radius 3 is 2.31 bits per heavy atom. The molecule has 16 heavy (non-hydrogen) atoms. The van der Waals surface area contributed by atoms with Crippen molar-refractivity contribution < 1.29 is 9.90 Å². The van der Waals surface area contributed by atoms with Crippen LogP contribution in [0.3, 0.4) is 0 Å². The minimum absolute atomic E-state index is 0.244. The second-order valence-corrected chi connectivity index (χ2v) is 6.38. The molecule has 1 aliphatic heterocycles. The van der Waals surface area contributed by atoms with Crippen LogP contribution in [0.2, 0.25) is 0 Å². The third-order valence-electron chi connectivity index (χ3n) is 4.91. The van der Waals surface area contributed by atoms with Gasteiger partial charge in [-0.25, -0.2) is 0 Å². The van der Waals surface area contributed by atoms with Crippen LogP contribution in [0.4, 0.5) is 0 Å². The third kappa shape index (κ3) is 1.48. The predicted molar refractivity (Wildman–Crippen MR) is 60.7 cm³/mol. The Bertz CT molecular complexity index is 310.